The highest BCUT2D eigenvalue weighted by Crippen LogP contribution is 2.26. The number of hydrazone groups is 1. The van der Waals surface area contributed by atoms with E-state index in [0.29, 0.717) is 0 Å². The second-order valence-corrected chi connectivity index (χ2v) is 7.32. The molecule has 2 aromatic rings. The number of nitrogens with one attached hydrogen (secondary N) is 1. The molecule has 1 N–H and O–H groups in total. The number of benzene rings is 1. The lowest BCUT2D eigenvalue weighted by atomic mass is 9.93. The van der Waals surface area contributed by atoms with Gasteiger partial charge in [-0.3, -0.25) is 5.43 Å². The smallest absolute Gasteiger partial charge is 0.203 e. The molecule has 1 aromatic heterocycles. The normalized spacial score (nSPS) is 11.9. The summed E-state index contributed by atoms with van der Waals surface area (Å²) in [4.78, 5) is 4.53. The minimum absolute atomic E-state index is 0.0493. The number of aromatic nitrogens is 1. The van der Waals surface area contributed by atoms with Gasteiger partial charge in [-0.05, 0) is 18.2 Å². The van der Waals surface area contributed by atoms with Crippen LogP contribution >= 0.6 is 27.3 Å². The third-order valence-electron chi connectivity index (χ3n) is 2.83. The molecule has 21 heavy (non-hydrogen) atoms. The molecule has 0 aliphatic carbocycles. The summed E-state index contributed by atoms with van der Waals surface area (Å²) in [6.07, 6.45) is 1.72. The Kier molecular flexibility index (Phi) is 5.00. The molecular formula is C15H18BrN3OS. The van der Waals surface area contributed by atoms with Gasteiger partial charge in [-0.2, -0.15) is 5.10 Å². The molecule has 0 radical (unpaired) electrons. The Morgan fingerprint density at radius 3 is 2.76 bits per heavy atom. The van der Waals surface area contributed by atoms with E-state index in [1.165, 1.54) is 0 Å². The molecule has 0 spiro atoms. The quantitative estimate of drug-likeness (QED) is 0.631. The largest absolute Gasteiger partial charge is 0.496 e. The summed E-state index contributed by atoms with van der Waals surface area (Å²) in [5, 5.41) is 7.06. The molecule has 4 nitrogen and oxygen atoms in total. The number of halogens is 1. The fraction of sp³-hybridized carbons (Fsp3) is 0.333. The molecule has 112 valence electrons. The molecule has 0 aliphatic heterocycles. The zero-order valence-corrected chi connectivity index (χ0v) is 14.9. The summed E-state index contributed by atoms with van der Waals surface area (Å²) in [6, 6.07) is 5.78. The number of hydrogen-bond acceptors (Lipinski definition) is 5. The molecule has 2 rings (SSSR count). The summed E-state index contributed by atoms with van der Waals surface area (Å²) in [5.74, 6) is 0.776. The van der Waals surface area contributed by atoms with Gasteiger partial charge in [0.15, 0.2) is 0 Å². The van der Waals surface area contributed by atoms with E-state index < -0.39 is 0 Å². The molecule has 0 amide bonds. The molecule has 1 aromatic carbocycles. The van der Waals surface area contributed by atoms with Gasteiger partial charge in [0.1, 0.15) is 5.75 Å². The summed E-state index contributed by atoms with van der Waals surface area (Å²) in [5.41, 5.74) is 4.97. The second-order valence-electron chi connectivity index (χ2n) is 5.54. The van der Waals surface area contributed by atoms with Crippen LogP contribution in [0.3, 0.4) is 0 Å². The van der Waals surface area contributed by atoms with Crippen LogP contribution in [-0.2, 0) is 5.41 Å². The number of thiazole rings is 1. The van der Waals surface area contributed by atoms with Gasteiger partial charge in [-0.15, -0.1) is 11.3 Å². The number of anilines is 1. The van der Waals surface area contributed by atoms with Gasteiger partial charge in [0.05, 0.1) is 19.0 Å². The Morgan fingerprint density at radius 1 is 1.38 bits per heavy atom. The van der Waals surface area contributed by atoms with E-state index in [0.717, 1.165) is 26.6 Å². The van der Waals surface area contributed by atoms with E-state index in [9.17, 15) is 0 Å². The maximum Gasteiger partial charge on any atom is 0.203 e. The van der Waals surface area contributed by atoms with Crippen molar-refractivity contribution in [2.24, 2.45) is 5.10 Å². The van der Waals surface area contributed by atoms with Crippen molar-refractivity contribution in [2.75, 3.05) is 12.5 Å². The van der Waals surface area contributed by atoms with Crippen molar-refractivity contribution in [1.82, 2.24) is 4.98 Å². The van der Waals surface area contributed by atoms with Crippen LogP contribution in [0, 0.1) is 0 Å². The van der Waals surface area contributed by atoms with Crippen LogP contribution in [0.4, 0.5) is 5.13 Å². The van der Waals surface area contributed by atoms with Crippen molar-refractivity contribution in [3.8, 4) is 5.75 Å². The molecule has 0 unspecified atom stereocenters. The number of methoxy groups -OCH3 is 1. The van der Waals surface area contributed by atoms with E-state index in [1.807, 2.05) is 18.2 Å². The molecule has 0 atom stereocenters. The van der Waals surface area contributed by atoms with Crippen LogP contribution < -0.4 is 10.2 Å². The van der Waals surface area contributed by atoms with Crippen LogP contribution in [0.5, 0.6) is 5.75 Å². The molecule has 6 heteroatoms. The van der Waals surface area contributed by atoms with Gasteiger partial charge < -0.3 is 4.74 Å². The third kappa shape index (κ3) is 4.28. The van der Waals surface area contributed by atoms with Gasteiger partial charge in [0, 0.05) is 20.8 Å². The van der Waals surface area contributed by atoms with Crippen LogP contribution in [-0.4, -0.2) is 18.3 Å². The Bertz CT molecular complexity index is 647. The SMILES string of the molecule is COc1ccc(Br)cc1/C=N\Nc1nc(C(C)(C)C)cs1. The average molecular weight is 368 g/mol. The van der Waals surface area contributed by atoms with E-state index in [1.54, 1.807) is 24.7 Å². The zero-order valence-electron chi connectivity index (χ0n) is 12.5. The zero-order chi connectivity index (χ0) is 15.5. The van der Waals surface area contributed by atoms with Gasteiger partial charge in [-0.25, -0.2) is 4.98 Å². The Hall–Kier alpha value is -1.40. The first-order valence-corrected chi connectivity index (χ1v) is 8.16. The summed E-state index contributed by atoms with van der Waals surface area (Å²) < 4.78 is 6.28. The minimum Gasteiger partial charge on any atom is -0.496 e. The minimum atomic E-state index is 0.0493. The Morgan fingerprint density at radius 2 is 2.14 bits per heavy atom. The van der Waals surface area contributed by atoms with Crippen LogP contribution in [0.2, 0.25) is 0 Å². The van der Waals surface area contributed by atoms with Crippen molar-refractivity contribution in [1.29, 1.82) is 0 Å². The average Bonchev–Trinajstić information content (AvgIpc) is 2.88. The van der Waals surface area contributed by atoms with E-state index in [4.69, 9.17) is 4.74 Å². The number of nitrogens with zero attached hydrogens (tertiary/aromatic N) is 2. The maximum atomic E-state index is 5.30. The van der Waals surface area contributed by atoms with Crippen molar-refractivity contribution in [3.05, 3.63) is 39.3 Å². The van der Waals surface area contributed by atoms with E-state index in [-0.39, 0.29) is 5.41 Å². The highest BCUT2D eigenvalue weighted by molar-refractivity contribution is 9.10. The number of rotatable bonds is 4. The molecule has 1 heterocycles. The Labute approximate surface area is 137 Å². The molecule has 0 saturated carbocycles. The fourth-order valence-corrected chi connectivity index (χ4v) is 2.90. The molecular weight excluding hydrogens is 350 g/mol. The first-order chi connectivity index (χ1) is 9.90. The van der Waals surface area contributed by atoms with Crippen LogP contribution in [0.1, 0.15) is 32.0 Å². The van der Waals surface area contributed by atoms with Gasteiger partial charge in [-0.1, -0.05) is 36.7 Å². The molecule has 0 fully saturated rings. The van der Waals surface area contributed by atoms with Crippen molar-refractivity contribution in [3.63, 3.8) is 0 Å². The lowest BCUT2D eigenvalue weighted by Gasteiger charge is -2.13. The van der Waals surface area contributed by atoms with Gasteiger partial charge >= 0.3 is 0 Å². The first-order valence-electron chi connectivity index (χ1n) is 6.49. The van der Waals surface area contributed by atoms with Gasteiger partial charge in [0.2, 0.25) is 5.13 Å². The van der Waals surface area contributed by atoms with Crippen LogP contribution in [0.25, 0.3) is 0 Å². The molecule has 0 saturated heterocycles. The van der Waals surface area contributed by atoms with Crippen molar-refractivity contribution in [2.45, 2.75) is 26.2 Å². The monoisotopic (exact) mass is 367 g/mol. The maximum absolute atomic E-state index is 5.30. The molecule has 0 bridgehead atoms. The van der Waals surface area contributed by atoms with Gasteiger partial charge in [0.25, 0.3) is 0 Å². The summed E-state index contributed by atoms with van der Waals surface area (Å²) in [6.45, 7) is 6.42. The predicted octanol–water partition coefficient (Wildman–Crippen LogP) is 4.66. The first kappa shape index (κ1) is 16.0. The highest BCUT2D eigenvalue weighted by Gasteiger charge is 2.17. The number of hydrogen-bond donors (Lipinski definition) is 1. The standard InChI is InChI=1S/C15H18BrN3OS/c1-15(2,3)13-9-21-14(18-13)19-17-8-10-7-11(16)5-6-12(10)20-4/h5-9H,1-4H3,(H,18,19)/b17-8-. The lowest BCUT2D eigenvalue weighted by Crippen LogP contribution is -2.11. The van der Waals surface area contributed by atoms with Crippen LogP contribution in [0.15, 0.2) is 33.2 Å². The molecule has 0 aliphatic rings. The van der Waals surface area contributed by atoms with E-state index in [2.05, 4.69) is 57.6 Å². The third-order valence-corrected chi connectivity index (χ3v) is 4.07. The predicted molar refractivity (Wildman–Crippen MR) is 92.7 cm³/mol. The summed E-state index contributed by atoms with van der Waals surface area (Å²) in [7, 11) is 1.64. The highest BCUT2D eigenvalue weighted by atomic mass is 79.9. The second kappa shape index (κ2) is 6.58. The van der Waals surface area contributed by atoms with Crippen molar-refractivity contribution < 1.29 is 4.74 Å². The lowest BCUT2D eigenvalue weighted by molar-refractivity contribution is 0.414. The Balaban J connectivity index is 2.09. The summed E-state index contributed by atoms with van der Waals surface area (Å²) >= 11 is 4.99. The van der Waals surface area contributed by atoms with Crippen molar-refractivity contribution >= 4 is 38.6 Å². The fourth-order valence-electron chi connectivity index (χ4n) is 1.63. The topological polar surface area (TPSA) is 46.5 Å². The van der Waals surface area contributed by atoms with E-state index >= 15 is 0 Å². The number of ether oxygens (including phenoxy) is 1.